The molecule has 1 aromatic carbocycles. The molecule has 1 N–H and O–H groups in total. The van der Waals surface area contributed by atoms with Crippen molar-refractivity contribution in [1.82, 2.24) is 0 Å². The molecular weight excluding hydrogens is 222 g/mol. The van der Waals surface area contributed by atoms with Gasteiger partial charge in [0.1, 0.15) is 13.1 Å². The first-order valence-electron chi connectivity index (χ1n) is 6.95. The molecule has 0 aromatic heterocycles. The molecule has 18 heavy (non-hydrogen) atoms. The Morgan fingerprint density at radius 3 is 2.33 bits per heavy atom. The van der Waals surface area contributed by atoms with Gasteiger partial charge in [-0.25, -0.2) is 0 Å². The van der Waals surface area contributed by atoms with Gasteiger partial charge in [0.25, 0.3) is 0 Å². The Balaban J connectivity index is 2.09. The third-order valence-electron chi connectivity index (χ3n) is 4.07. The molecule has 1 heterocycles. The molecule has 0 aliphatic carbocycles. The van der Waals surface area contributed by atoms with Crippen LogP contribution in [0, 0.1) is 0 Å². The molecule has 1 saturated heterocycles. The van der Waals surface area contributed by atoms with Crippen LogP contribution in [-0.2, 0) is 6.54 Å². The quantitative estimate of drug-likeness (QED) is 0.792. The highest BCUT2D eigenvalue weighted by Gasteiger charge is 2.29. The van der Waals surface area contributed by atoms with Gasteiger partial charge in [-0.1, -0.05) is 36.9 Å². The Bertz CT molecular complexity index is 371. The molecule has 1 fully saturated rings. The molecule has 1 aliphatic rings. The van der Waals surface area contributed by atoms with Gasteiger partial charge in [-0.05, 0) is 24.8 Å². The van der Waals surface area contributed by atoms with Gasteiger partial charge in [-0.3, -0.25) is 0 Å². The third kappa shape index (κ3) is 3.21. The average molecular weight is 246 g/mol. The number of benzene rings is 1. The second-order valence-electron chi connectivity index (χ2n) is 5.40. The van der Waals surface area contributed by atoms with Crippen LogP contribution in [0.4, 0.5) is 0 Å². The SMILES string of the molecule is C=Cc1ccc(C[N+]2(CCO)CCCCC2)cc1. The van der Waals surface area contributed by atoms with Crippen LogP contribution < -0.4 is 0 Å². The summed E-state index contributed by atoms with van der Waals surface area (Å²) in [6.45, 7) is 8.45. The van der Waals surface area contributed by atoms with Crippen LogP contribution in [-0.4, -0.2) is 35.8 Å². The van der Waals surface area contributed by atoms with E-state index in [0.29, 0.717) is 6.61 Å². The van der Waals surface area contributed by atoms with E-state index < -0.39 is 0 Å². The lowest BCUT2D eigenvalue weighted by molar-refractivity contribution is -0.945. The lowest BCUT2D eigenvalue weighted by Crippen LogP contribution is -2.52. The van der Waals surface area contributed by atoms with Crippen LogP contribution in [0.1, 0.15) is 30.4 Å². The standard InChI is InChI=1S/C16H24NO/c1-2-15-6-8-16(9-7-15)14-17(12-13-18)10-4-3-5-11-17/h2,6-9,18H,1,3-5,10-14H2/q+1. The Morgan fingerprint density at radius 1 is 1.11 bits per heavy atom. The van der Waals surface area contributed by atoms with E-state index in [1.807, 2.05) is 6.08 Å². The van der Waals surface area contributed by atoms with Crippen molar-refractivity contribution in [3.63, 3.8) is 0 Å². The summed E-state index contributed by atoms with van der Waals surface area (Å²) in [5, 5.41) is 9.32. The smallest absolute Gasteiger partial charge is 0.104 e. The number of quaternary nitrogens is 1. The van der Waals surface area contributed by atoms with Gasteiger partial charge in [0.05, 0.1) is 19.7 Å². The van der Waals surface area contributed by atoms with Gasteiger partial charge >= 0.3 is 0 Å². The van der Waals surface area contributed by atoms with E-state index >= 15 is 0 Å². The fraction of sp³-hybridized carbons (Fsp3) is 0.500. The normalized spacial score (nSPS) is 18.5. The molecule has 0 atom stereocenters. The molecule has 0 unspecified atom stereocenters. The molecule has 0 spiro atoms. The van der Waals surface area contributed by atoms with Crippen LogP contribution >= 0.6 is 0 Å². The molecule has 1 aromatic rings. The molecule has 0 radical (unpaired) electrons. The van der Waals surface area contributed by atoms with Crippen molar-refractivity contribution in [3.05, 3.63) is 42.0 Å². The second kappa shape index (κ2) is 6.17. The number of likely N-dealkylation sites (tertiary alicyclic amines) is 1. The van der Waals surface area contributed by atoms with Gasteiger partial charge in [0.2, 0.25) is 0 Å². The molecule has 0 amide bonds. The summed E-state index contributed by atoms with van der Waals surface area (Å²) < 4.78 is 1.06. The maximum atomic E-state index is 9.32. The van der Waals surface area contributed by atoms with Crippen molar-refractivity contribution in [2.45, 2.75) is 25.8 Å². The van der Waals surface area contributed by atoms with Gasteiger partial charge in [-0.2, -0.15) is 0 Å². The predicted octanol–water partition coefficient (Wildman–Crippen LogP) is 2.82. The van der Waals surface area contributed by atoms with Crippen LogP contribution in [0.2, 0.25) is 0 Å². The zero-order valence-corrected chi connectivity index (χ0v) is 11.1. The molecule has 0 bridgehead atoms. The number of piperidine rings is 1. The topological polar surface area (TPSA) is 20.2 Å². The highest BCUT2D eigenvalue weighted by molar-refractivity contribution is 5.47. The van der Waals surface area contributed by atoms with E-state index in [9.17, 15) is 5.11 Å². The second-order valence-corrected chi connectivity index (χ2v) is 5.40. The number of hydrogen-bond acceptors (Lipinski definition) is 1. The minimum atomic E-state index is 0.296. The van der Waals surface area contributed by atoms with E-state index in [2.05, 4.69) is 30.8 Å². The van der Waals surface area contributed by atoms with Gasteiger partial charge in [-0.15, -0.1) is 0 Å². The summed E-state index contributed by atoms with van der Waals surface area (Å²) in [6, 6.07) is 8.65. The predicted molar refractivity (Wildman–Crippen MR) is 76.0 cm³/mol. The van der Waals surface area contributed by atoms with Gasteiger partial charge in [0.15, 0.2) is 0 Å². The molecular formula is C16H24NO+. The van der Waals surface area contributed by atoms with Gasteiger partial charge in [0, 0.05) is 5.56 Å². The largest absolute Gasteiger partial charge is 0.391 e. The lowest BCUT2D eigenvalue weighted by atomic mass is 10.0. The summed E-state index contributed by atoms with van der Waals surface area (Å²) in [6.07, 6.45) is 5.82. The highest BCUT2D eigenvalue weighted by atomic mass is 16.3. The minimum Gasteiger partial charge on any atom is -0.391 e. The van der Waals surface area contributed by atoms with Crippen molar-refractivity contribution >= 4 is 6.08 Å². The monoisotopic (exact) mass is 246 g/mol. The fourth-order valence-electron chi connectivity index (χ4n) is 3.00. The van der Waals surface area contributed by atoms with Crippen LogP contribution in [0.3, 0.4) is 0 Å². The minimum absolute atomic E-state index is 0.296. The van der Waals surface area contributed by atoms with Crippen LogP contribution in [0.5, 0.6) is 0 Å². The first-order chi connectivity index (χ1) is 8.78. The molecule has 0 saturated carbocycles. The molecule has 98 valence electrons. The van der Waals surface area contributed by atoms with Crippen LogP contribution in [0.25, 0.3) is 6.08 Å². The number of hydrogen-bond donors (Lipinski definition) is 1. The van der Waals surface area contributed by atoms with E-state index in [1.54, 1.807) is 0 Å². The number of aliphatic hydroxyl groups is 1. The summed E-state index contributed by atoms with van der Waals surface area (Å²) in [5.74, 6) is 0. The number of nitrogens with zero attached hydrogens (tertiary/aromatic N) is 1. The summed E-state index contributed by atoms with van der Waals surface area (Å²) >= 11 is 0. The average Bonchev–Trinajstić information content (AvgIpc) is 2.41. The van der Waals surface area contributed by atoms with E-state index in [1.165, 1.54) is 43.5 Å². The summed E-state index contributed by atoms with van der Waals surface area (Å²) in [7, 11) is 0. The van der Waals surface area contributed by atoms with E-state index in [0.717, 1.165) is 17.6 Å². The maximum absolute atomic E-state index is 9.32. The first kappa shape index (κ1) is 13.3. The van der Waals surface area contributed by atoms with Crippen molar-refractivity contribution in [2.75, 3.05) is 26.2 Å². The number of aliphatic hydroxyl groups excluding tert-OH is 1. The fourth-order valence-corrected chi connectivity index (χ4v) is 3.00. The zero-order chi connectivity index (χ0) is 12.8. The Labute approximate surface area is 110 Å². The molecule has 2 rings (SSSR count). The number of rotatable bonds is 5. The van der Waals surface area contributed by atoms with Crippen molar-refractivity contribution in [2.24, 2.45) is 0 Å². The molecule has 2 nitrogen and oxygen atoms in total. The Morgan fingerprint density at radius 2 is 1.78 bits per heavy atom. The van der Waals surface area contributed by atoms with Gasteiger partial charge < -0.3 is 9.59 Å². The maximum Gasteiger partial charge on any atom is 0.104 e. The third-order valence-corrected chi connectivity index (χ3v) is 4.07. The van der Waals surface area contributed by atoms with Crippen LogP contribution in [0.15, 0.2) is 30.8 Å². The Hall–Kier alpha value is -1.12. The lowest BCUT2D eigenvalue weighted by Gasteiger charge is -2.41. The molecule has 1 aliphatic heterocycles. The van der Waals surface area contributed by atoms with E-state index in [4.69, 9.17) is 0 Å². The zero-order valence-electron chi connectivity index (χ0n) is 11.1. The summed E-state index contributed by atoms with van der Waals surface area (Å²) in [4.78, 5) is 0. The molecule has 2 heteroatoms. The van der Waals surface area contributed by atoms with E-state index in [-0.39, 0.29) is 0 Å². The first-order valence-corrected chi connectivity index (χ1v) is 6.95. The van der Waals surface area contributed by atoms with Crippen molar-refractivity contribution in [3.8, 4) is 0 Å². The Kier molecular flexibility index (Phi) is 4.56. The summed E-state index contributed by atoms with van der Waals surface area (Å²) in [5.41, 5.74) is 2.54. The highest BCUT2D eigenvalue weighted by Crippen LogP contribution is 2.22. The van der Waals surface area contributed by atoms with Crippen molar-refractivity contribution in [1.29, 1.82) is 0 Å². The van der Waals surface area contributed by atoms with Crippen molar-refractivity contribution < 1.29 is 9.59 Å².